The van der Waals surface area contributed by atoms with Gasteiger partial charge in [0, 0.05) is 12.8 Å². The first-order valence-corrected chi connectivity index (χ1v) is 24.4. The van der Waals surface area contributed by atoms with Gasteiger partial charge < -0.3 is 27.9 Å². The Morgan fingerprint density at radius 3 is 1.31 bits per heavy atom. The molecule has 0 rings (SSSR count). The molecule has 0 spiro atoms. The molecule has 0 saturated carbocycles. The molecule has 0 aliphatic carbocycles. The summed E-state index contributed by atoms with van der Waals surface area (Å²) in [4.78, 5) is 37.5. The Kier molecular flexibility index (Phi) is 39.8. The third-order valence-corrected chi connectivity index (χ3v) is 9.65. The molecule has 0 aromatic carbocycles. The molecule has 0 N–H and O–H groups in total. The van der Waals surface area contributed by atoms with Gasteiger partial charge in [-0.2, -0.15) is 0 Å². The van der Waals surface area contributed by atoms with Crippen LogP contribution in [-0.2, 0) is 32.7 Å². The summed E-state index contributed by atoms with van der Waals surface area (Å²) < 4.78 is 33.7. The molecule has 0 aromatic heterocycles. The molecule has 10 heteroatoms. The highest BCUT2D eigenvalue weighted by Crippen LogP contribution is 2.38. The van der Waals surface area contributed by atoms with Crippen LogP contribution in [0.4, 0.5) is 0 Å². The Hall–Kier alpha value is -3.85. The van der Waals surface area contributed by atoms with E-state index in [0.717, 1.165) is 64.2 Å². The maximum absolute atomic E-state index is 12.7. The van der Waals surface area contributed by atoms with Crippen molar-refractivity contribution in [3.8, 4) is 0 Å². The number of carbonyl (C=O) groups excluding carboxylic acids is 2. The van der Waals surface area contributed by atoms with Gasteiger partial charge >= 0.3 is 11.9 Å². The molecule has 0 radical (unpaired) electrons. The van der Waals surface area contributed by atoms with Gasteiger partial charge in [-0.05, 0) is 89.9 Å². The number of phosphoric ester groups is 1. The summed E-state index contributed by atoms with van der Waals surface area (Å²) in [6.45, 7) is 3.87. The first kappa shape index (κ1) is 58.1. The van der Waals surface area contributed by atoms with E-state index in [1.54, 1.807) is 0 Å². The second-order valence-electron chi connectivity index (χ2n) is 15.7. The van der Waals surface area contributed by atoms with Crippen LogP contribution in [0, 0.1) is 0 Å². The fourth-order valence-corrected chi connectivity index (χ4v) is 5.86. The number of carbonyl (C=O) groups is 2. The number of unbranched alkanes of at least 4 members (excludes halogenated alkanes) is 3. The number of hydrogen-bond donors (Lipinski definition) is 0. The third kappa shape index (κ3) is 45.7. The van der Waals surface area contributed by atoms with Crippen LogP contribution in [0.5, 0.6) is 0 Å². The van der Waals surface area contributed by atoms with Gasteiger partial charge in [-0.1, -0.05) is 160 Å². The number of hydrogen-bond acceptors (Lipinski definition) is 8. The molecule has 9 nitrogen and oxygen atoms in total. The minimum atomic E-state index is -4.67. The highest BCUT2D eigenvalue weighted by molar-refractivity contribution is 7.45. The van der Waals surface area contributed by atoms with Crippen LogP contribution in [0.1, 0.15) is 129 Å². The Labute approximate surface area is 377 Å². The minimum Gasteiger partial charge on any atom is -0.756 e. The van der Waals surface area contributed by atoms with Crippen molar-refractivity contribution in [2.45, 2.75) is 136 Å². The van der Waals surface area contributed by atoms with E-state index in [9.17, 15) is 19.0 Å². The lowest BCUT2D eigenvalue weighted by molar-refractivity contribution is -0.870. The summed E-state index contributed by atoms with van der Waals surface area (Å²) in [5, 5.41) is 0. The molecule has 2 atom stereocenters. The molecular formula is C52H82NO8P. The van der Waals surface area contributed by atoms with Crippen LogP contribution in [0.3, 0.4) is 0 Å². The summed E-state index contributed by atoms with van der Waals surface area (Å²) in [6, 6.07) is 0. The van der Waals surface area contributed by atoms with Crippen molar-refractivity contribution >= 4 is 19.8 Å². The number of esters is 2. The van der Waals surface area contributed by atoms with Crippen LogP contribution in [0.2, 0.25) is 0 Å². The Morgan fingerprint density at radius 1 is 0.516 bits per heavy atom. The zero-order valence-corrected chi connectivity index (χ0v) is 39.9. The molecule has 1 unspecified atom stereocenters. The largest absolute Gasteiger partial charge is 0.756 e. The molecular weight excluding hydrogens is 798 g/mol. The highest BCUT2D eigenvalue weighted by atomic mass is 31.2. The van der Waals surface area contributed by atoms with Crippen molar-refractivity contribution in [1.29, 1.82) is 0 Å². The maximum Gasteiger partial charge on any atom is 0.306 e. The number of allylic oxidation sites excluding steroid dienone is 22. The fourth-order valence-electron chi connectivity index (χ4n) is 5.13. The standard InChI is InChI=1S/C52H82NO8P/c1-6-8-10-12-14-16-18-20-22-24-26-28-30-32-34-36-38-40-42-44-51(54)58-48-50(49-60-62(56,57)59-47-46-53(3,4)5)61-52(55)45-43-41-39-37-35-33-31-29-27-25-23-21-19-17-15-13-11-9-7-2/h9,11,14-17,20-23,26-29,32-35,38-41,50H,6-8,10,12-13,18-19,24-25,30-31,36-37,42-49H2,1-5H3/b11-9+,16-14+,17-15+,22-20+,23-21+,28-26+,29-27+,34-32+,35-33+,40-38+,41-39+/t50-/m1/s1. The summed E-state index contributed by atoms with van der Waals surface area (Å²) in [7, 11) is 1.06. The van der Waals surface area contributed by atoms with Crippen molar-refractivity contribution in [2.75, 3.05) is 47.5 Å². The van der Waals surface area contributed by atoms with Crippen LogP contribution in [0.15, 0.2) is 134 Å². The number of quaternary nitrogens is 1. The van der Waals surface area contributed by atoms with Crippen LogP contribution in [0.25, 0.3) is 0 Å². The Morgan fingerprint density at radius 2 is 0.903 bits per heavy atom. The first-order chi connectivity index (χ1) is 30.0. The quantitative estimate of drug-likeness (QED) is 0.0197. The summed E-state index contributed by atoms with van der Waals surface area (Å²) in [5.41, 5.74) is 0. The summed E-state index contributed by atoms with van der Waals surface area (Å²) >= 11 is 0. The molecule has 0 saturated heterocycles. The van der Waals surface area contributed by atoms with Crippen LogP contribution < -0.4 is 4.89 Å². The van der Waals surface area contributed by atoms with E-state index in [-0.39, 0.29) is 26.1 Å². The smallest absolute Gasteiger partial charge is 0.306 e. The third-order valence-electron chi connectivity index (χ3n) is 8.68. The van der Waals surface area contributed by atoms with Crippen molar-refractivity contribution in [3.63, 3.8) is 0 Å². The summed E-state index contributed by atoms with van der Waals surface area (Å²) in [6.07, 6.45) is 60.8. The number of phosphoric acid groups is 1. The molecule has 0 bridgehead atoms. The van der Waals surface area contributed by atoms with E-state index in [2.05, 4.69) is 123 Å². The lowest BCUT2D eigenvalue weighted by atomic mass is 10.2. The van der Waals surface area contributed by atoms with E-state index in [1.807, 2.05) is 45.4 Å². The van der Waals surface area contributed by atoms with Crippen LogP contribution in [-0.4, -0.2) is 70.0 Å². The van der Waals surface area contributed by atoms with E-state index >= 15 is 0 Å². The molecule has 0 heterocycles. The molecule has 0 aromatic rings. The Balaban J connectivity index is 4.61. The fraction of sp³-hybridized carbons (Fsp3) is 0.538. The number of likely N-dealkylation sites (N-methyl/N-ethyl adjacent to an activating group) is 1. The second-order valence-corrected chi connectivity index (χ2v) is 17.1. The lowest BCUT2D eigenvalue weighted by Crippen LogP contribution is -2.37. The predicted octanol–water partition coefficient (Wildman–Crippen LogP) is 12.8. The highest BCUT2D eigenvalue weighted by Gasteiger charge is 2.21. The van der Waals surface area contributed by atoms with Gasteiger partial charge in [0.25, 0.3) is 7.82 Å². The topological polar surface area (TPSA) is 111 Å². The molecule has 348 valence electrons. The molecule has 0 aliphatic rings. The van der Waals surface area contributed by atoms with E-state index in [0.29, 0.717) is 23.9 Å². The van der Waals surface area contributed by atoms with Crippen LogP contribution >= 0.6 is 7.82 Å². The van der Waals surface area contributed by atoms with Gasteiger partial charge in [-0.3, -0.25) is 14.2 Å². The molecule has 0 amide bonds. The SMILES string of the molecule is CC/C=C/C/C=C/C/C=C/C/C=C/C/C=C/C/C=C/CCC(=O)O[C@H](COC(=O)CC/C=C/C/C=C/C/C=C/C/C=C/C/C=C/CCCCC)COP(=O)([O-])OCC[N+](C)(C)C. The monoisotopic (exact) mass is 880 g/mol. The molecule has 0 aliphatic heterocycles. The van der Waals surface area contributed by atoms with Gasteiger partial charge in [0.05, 0.1) is 27.7 Å². The van der Waals surface area contributed by atoms with Crippen molar-refractivity contribution in [2.24, 2.45) is 0 Å². The van der Waals surface area contributed by atoms with Gasteiger partial charge in [0.2, 0.25) is 0 Å². The molecule has 0 fully saturated rings. The lowest BCUT2D eigenvalue weighted by Gasteiger charge is -2.28. The second kappa shape index (κ2) is 42.5. The maximum atomic E-state index is 12.7. The first-order valence-electron chi connectivity index (χ1n) is 22.9. The van der Waals surface area contributed by atoms with Gasteiger partial charge in [0.1, 0.15) is 19.8 Å². The number of ether oxygens (including phenoxy) is 2. The van der Waals surface area contributed by atoms with E-state index in [1.165, 1.54) is 25.7 Å². The Bertz CT molecular complexity index is 1510. The van der Waals surface area contributed by atoms with E-state index in [4.69, 9.17) is 18.5 Å². The normalized spacial score (nSPS) is 14.7. The van der Waals surface area contributed by atoms with Gasteiger partial charge in [0.15, 0.2) is 6.10 Å². The zero-order chi connectivity index (χ0) is 45.7. The zero-order valence-electron chi connectivity index (χ0n) is 39.0. The number of rotatable bonds is 39. The average molecular weight is 880 g/mol. The summed E-state index contributed by atoms with van der Waals surface area (Å²) in [5.74, 6) is -1.04. The minimum absolute atomic E-state index is 0.0639. The number of nitrogens with zero attached hydrogens (tertiary/aromatic N) is 1. The van der Waals surface area contributed by atoms with Gasteiger partial charge in [-0.25, -0.2) is 0 Å². The van der Waals surface area contributed by atoms with Crippen molar-refractivity contribution in [1.82, 2.24) is 0 Å². The van der Waals surface area contributed by atoms with Gasteiger partial charge in [-0.15, -0.1) is 0 Å². The average Bonchev–Trinajstić information content (AvgIpc) is 3.23. The predicted molar refractivity (Wildman–Crippen MR) is 258 cm³/mol. The van der Waals surface area contributed by atoms with Crippen molar-refractivity contribution in [3.05, 3.63) is 134 Å². The van der Waals surface area contributed by atoms with E-state index < -0.39 is 32.5 Å². The van der Waals surface area contributed by atoms with Crippen molar-refractivity contribution < 1.29 is 42.1 Å². The molecule has 62 heavy (non-hydrogen) atoms.